The molecule has 0 bridgehead atoms. The van der Waals surface area contributed by atoms with Gasteiger partial charge in [-0.05, 0) is 35.2 Å². The van der Waals surface area contributed by atoms with Crippen molar-refractivity contribution in [3.8, 4) is 5.75 Å². The summed E-state index contributed by atoms with van der Waals surface area (Å²) in [6.07, 6.45) is 3.33. The monoisotopic (exact) mass is 375 g/mol. The molecule has 0 spiro atoms. The van der Waals surface area contributed by atoms with E-state index in [-0.39, 0.29) is 6.23 Å². The first kappa shape index (κ1) is 17.8. The predicted octanol–water partition coefficient (Wildman–Crippen LogP) is 5.53. The molecule has 6 heteroatoms. The molecule has 3 rings (SSSR count). The molecule has 0 aliphatic rings. The second kappa shape index (κ2) is 7.89. The molecule has 0 aliphatic carbocycles. The van der Waals surface area contributed by atoms with Crippen LogP contribution in [0.4, 0.5) is 0 Å². The number of nitrogens with zero attached hydrogens (tertiary/aromatic N) is 3. The Morgan fingerprint density at radius 2 is 1.92 bits per heavy atom. The highest BCUT2D eigenvalue weighted by Gasteiger charge is 2.19. The largest absolute Gasteiger partial charge is 0.468 e. The van der Waals surface area contributed by atoms with E-state index < -0.39 is 0 Å². The molecule has 1 heterocycles. The average Bonchev–Trinajstić information content (AvgIpc) is 3.11. The van der Waals surface area contributed by atoms with Crippen LogP contribution in [0, 0.1) is 0 Å². The molecule has 3 aromatic rings. The zero-order valence-corrected chi connectivity index (χ0v) is 15.6. The van der Waals surface area contributed by atoms with Crippen molar-refractivity contribution >= 4 is 23.2 Å². The number of aromatic nitrogens is 3. The van der Waals surface area contributed by atoms with Gasteiger partial charge in [0.15, 0.2) is 6.23 Å². The molecule has 0 aliphatic heterocycles. The summed E-state index contributed by atoms with van der Waals surface area (Å²) in [6, 6.07) is 13.5. The van der Waals surface area contributed by atoms with Crippen molar-refractivity contribution in [1.29, 1.82) is 0 Å². The van der Waals surface area contributed by atoms with Crippen LogP contribution in [-0.4, -0.2) is 14.8 Å². The van der Waals surface area contributed by atoms with E-state index in [0.717, 1.165) is 16.9 Å². The third-order valence-corrected chi connectivity index (χ3v) is 4.53. The van der Waals surface area contributed by atoms with E-state index in [2.05, 4.69) is 30.0 Å². The average molecular weight is 376 g/mol. The Hall–Kier alpha value is -2.04. The molecule has 0 N–H and O–H groups in total. The SMILES string of the molecule is CC(C)c1ccccc1OC(Cc1ccc(Cl)cc1Cl)n1cncn1. The Labute approximate surface area is 157 Å². The fourth-order valence-electron chi connectivity index (χ4n) is 2.64. The molecule has 0 fully saturated rings. The fraction of sp³-hybridized carbons (Fsp3) is 0.263. The summed E-state index contributed by atoms with van der Waals surface area (Å²) in [4.78, 5) is 4.04. The van der Waals surface area contributed by atoms with Crippen LogP contribution in [0.3, 0.4) is 0 Å². The minimum Gasteiger partial charge on any atom is -0.468 e. The number of halogens is 2. The highest BCUT2D eigenvalue weighted by atomic mass is 35.5. The number of rotatable bonds is 6. The van der Waals surface area contributed by atoms with Crippen LogP contribution in [0.1, 0.15) is 37.1 Å². The second-order valence-electron chi connectivity index (χ2n) is 6.08. The first-order chi connectivity index (χ1) is 12.0. The van der Waals surface area contributed by atoms with Gasteiger partial charge in [0.2, 0.25) is 0 Å². The maximum atomic E-state index is 6.33. The zero-order valence-electron chi connectivity index (χ0n) is 14.1. The third-order valence-electron chi connectivity index (χ3n) is 3.95. The Bertz CT molecular complexity index is 834. The van der Waals surface area contributed by atoms with E-state index in [1.807, 2.05) is 30.3 Å². The number of benzene rings is 2. The van der Waals surface area contributed by atoms with Crippen LogP contribution in [0.15, 0.2) is 55.1 Å². The second-order valence-corrected chi connectivity index (χ2v) is 6.92. The number of hydrogen-bond donors (Lipinski definition) is 0. The highest BCUT2D eigenvalue weighted by Crippen LogP contribution is 2.31. The molecule has 130 valence electrons. The molecule has 0 amide bonds. The van der Waals surface area contributed by atoms with Gasteiger partial charge in [0, 0.05) is 16.5 Å². The number of para-hydroxylation sites is 1. The van der Waals surface area contributed by atoms with E-state index in [1.54, 1.807) is 17.1 Å². The maximum absolute atomic E-state index is 6.33. The van der Waals surface area contributed by atoms with Gasteiger partial charge < -0.3 is 4.74 Å². The molecular formula is C19H19Cl2N3O. The number of ether oxygens (including phenoxy) is 1. The summed E-state index contributed by atoms with van der Waals surface area (Å²) < 4.78 is 8.01. The van der Waals surface area contributed by atoms with Crippen LogP contribution in [-0.2, 0) is 6.42 Å². The maximum Gasteiger partial charge on any atom is 0.197 e. The molecule has 0 saturated carbocycles. The van der Waals surface area contributed by atoms with Crippen molar-refractivity contribution < 1.29 is 4.74 Å². The van der Waals surface area contributed by atoms with Gasteiger partial charge in [0.25, 0.3) is 0 Å². The topological polar surface area (TPSA) is 39.9 Å². The smallest absolute Gasteiger partial charge is 0.197 e. The molecule has 0 radical (unpaired) electrons. The summed E-state index contributed by atoms with van der Waals surface area (Å²) >= 11 is 12.3. The van der Waals surface area contributed by atoms with Gasteiger partial charge in [-0.25, -0.2) is 9.67 Å². The van der Waals surface area contributed by atoms with E-state index >= 15 is 0 Å². The van der Waals surface area contributed by atoms with Crippen LogP contribution in [0.25, 0.3) is 0 Å². The van der Waals surface area contributed by atoms with Crippen molar-refractivity contribution in [3.63, 3.8) is 0 Å². The van der Waals surface area contributed by atoms with Gasteiger partial charge in [-0.2, -0.15) is 5.10 Å². The van der Waals surface area contributed by atoms with Gasteiger partial charge in [-0.3, -0.25) is 0 Å². The Balaban J connectivity index is 1.91. The van der Waals surface area contributed by atoms with Gasteiger partial charge >= 0.3 is 0 Å². The Morgan fingerprint density at radius 3 is 2.60 bits per heavy atom. The van der Waals surface area contributed by atoms with E-state index in [0.29, 0.717) is 22.4 Å². The lowest BCUT2D eigenvalue weighted by atomic mass is 10.0. The molecule has 1 aromatic heterocycles. The third kappa shape index (κ3) is 4.33. The summed E-state index contributed by atoms with van der Waals surface area (Å²) in [5.74, 6) is 1.19. The summed E-state index contributed by atoms with van der Waals surface area (Å²) in [5, 5.41) is 5.46. The number of hydrogen-bond acceptors (Lipinski definition) is 3. The molecule has 2 aromatic carbocycles. The lowest BCUT2D eigenvalue weighted by Crippen LogP contribution is -2.20. The first-order valence-electron chi connectivity index (χ1n) is 8.08. The van der Waals surface area contributed by atoms with Crippen LogP contribution in [0.2, 0.25) is 10.0 Å². The quantitative estimate of drug-likeness (QED) is 0.568. The standard InChI is InChI=1S/C19H19Cl2N3O/c1-13(2)16-5-3-4-6-18(16)25-19(24-12-22-11-23-24)9-14-7-8-15(20)10-17(14)21/h3-8,10-13,19H,9H2,1-2H3. The van der Waals surface area contributed by atoms with E-state index in [1.165, 1.54) is 6.33 Å². The van der Waals surface area contributed by atoms with Crippen molar-refractivity contribution in [1.82, 2.24) is 14.8 Å². The van der Waals surface area contributed by atoms with Crippen LogP contribution in [0.5, 0.6) is 5.75 Å². The Kier molecular flexibility index (Phi) is 5.61. The lowest BCUT2D eigenvalue weighted by molar-refractivity contribution is 0.116. The van der Waals surface area contributed by atoms with E-state index in [9.17, 15) is 0 Å². The van der Waals surface area contributed by atoms with Crippen LogP contribution >= 0.6 is 23.2 Å². The van der Waals surface area contributed by atoms with Gasteiger partial charge in [-0.15, -0.1) is 0 Å². The molecule has 1 unspecified atom stereocenters. The van der Waals surface area contributed by atoms with E-state index in [4.69, 9.17) is 27.9 Å². The van der Waals surface area contributed by atoms with Crippen LogP contribution < -0.4 is 4.74 Å². The van der Waals surface area contributed by atoms with Gasteiger partial charge in [0.1, 0.15) is 18.4 Å². The highest BCUT2D eigenvalue weighted by molar-refractivity contribution is 6.35. The predicted molar refractivity (Wildman–Crippen MR) is 100 cm³/mol. The summed E-state index contributed by atoms with van der Waals surface area (Å²) in [6.45, 7) is 4.28. The summed E-state index contributed by atoms with van der Waals surface area (Å²) in [5.41, 5.74) is 2.09. The first-order valence-corrected chi connectivity index (χ1v) is 8.84. The van der Waals surface area contributed by atoms with Gasteiger partial charge in [-0.1, -0.05) is 61.3 Å². The molecule has 4 nitrogen and oxygen atoms in total. The summed E-state index contributed by atoms with van der Waals surface area (Å²) in [7, 11) is 0. The zero-order chi connectivity index (χ0) is 17.8. The normalized spacial score (nSPS) is 12.4. The van der Waals surface area contributed by atoms with Crippen molar-refractivity contribution in [3.05, 3.63) is 76.3 Å². The lowest BCUT2D eigenvalue weighted by Gasteiger charge is -2.22. The van der Waals surface area contributed by atoms with Gasteiger partial charge in [0.05, 0.1) is 0 Å². The minimum absolute atomic E-state index is 0.353. The Morgan fingerprint density at radius 1 is 1.12 bits per heavy atom. The molecular weight excluding hydrogens is 357 g/mol. The van der Waals surface area contributed by atoms with Crippen molar-refractivity contribution in [2.24, 2.45) is 0 Å². The van der Waals surface area contributed by atoms with Crippen molar-refractivity contribution in [2.75, 3.05) is 0 Å². The molecule has 0 saturated heterocycles. The molecule has 1 atom stereocenters. The fourth-order valence-corrected chi connectivity index (χ4v) is 3.13. The van der Waals surface area contributed by atoms with Crippen molar-refractivity contribution in [2.45, 2.75) is 32.4 Å². The minimum atomic E-state index is -0.360. The molecule has 25 heavy (non-hydrogen) atoms.